The van der Waals surface area contributed by atoms with Crippen LogP contribution in [0.1, 0.15) is 23.1 Å². The van der Waals surface area contributed by atoms with Crippen LogP contribution in [0.2, 0.25) is 0 Å². The molecule has 0 spiro atoms. The van der Waals surface area contributed by atoms with Gasteiger partial charge in [0.2, 0.25) is 5.88 Å². The Kier molecular flexibility index (Phi) is 5.14. The van der Waals surface area contributed by atoms with E-state index >= 15 is 0 Å². The summed E-state index contributed by atoms with van der Waals surface area (Å²) >= 11 is 0. The lowest BCUT2D eigenvalue weighted by Crippen LogP contribution is -2.32. The maximum Gasteiger partial charge on any atom is 0.237 e. The van der Waals surface area contributed by atoms with Crippen LogP contribution < -0.4 is 10.5 Å². The van der Waals surface area contributed by atoms with Gasteiger partial charge in [0.1, 0.15) is 36.7 Å². The molecule has 0 radical (unpaired) electrons. The summed E-state index contributed by atoms with van der Waals surface area (Å²) in [5.41, 5.74) is 7.63. The predicted octanol–water partition coefficient (Wildman–Crippen LogP) is 0.100. The topological polar surface area (TPSA) is 131 Å². The molecule has 8 nitrogen and oxygen atoms in total. The first-order chi connectivity index (χ1) is 12.0. The third-order valence-corrected chi connectivity index (χ3v) is 4.11. The minimum Gasteiger partial charge on any atom is -0.471 e. The second-order valence-electron chi connectivity index (χ2n) is 5.92. The van der Waals surface area contributed by atoms with E-state index in [1.807, 2.05) is 30.3 Å². The number of ether oxygens (including phenoxy) is 2. The number of anilines is 1. The number of nitrogens with zero attached hydrogens (tertiary/aromatic N) is 2. The lowest BCUT2D eigenvalue weighted by atomic mass is 10.1. The van der Waals surface area contributed by atoms with Gasteiger partial charge in [-0.2, -0.15) is 4.98 Å². The van der Waals surface area contributed by atoms with Crippen molar-refractivity contribution >= 4 is 5.82 Å². The molecule has 1 aromatic heterocycles. The van der Waals surface area contributed by atoms with Crippen molar-refractivity contribution in [1.82, 2.24) is 9.97 Å². The number of aryl methyl sites for hydroxylation is 1. The van der Waals surface area contributed by atoms with E-state index in [0.29, 0.717) is 12.3 Å². The highest BCUT2D eigenvalue weighted by Crippen LogP contribution is 2.35. The van der Waals surface area contributed by atoms with Gasteiger partial charge in [0, 0.05) is 0 Å². The van der Waals surface area contributed by atoms with Gasteiger partial charge in [-0.15, -0.1) is 0 Å². The molecule has 134 valence electrons. The quantitative estimate of drug-likeness (QED) is 0.599. The number of benzene rings is 1. The Bertz CT molecular complexity index is 728. The van der Waals surface area contributed by atoms with Gasteiger partial charge in [0.15, 0.2) is 5.82 Å². The van der Waals surface area contributed by atoms with Gasteiger partial charge in [-0.05, 0) is 12.5 Å². The van der Waals surface area contributed by atoms with Crippen LogP contribution in [0.3, 0.4) is 0 Å². The molecule has 1 fully saturated rings. The van der Waals surface area contributed by atoms with Gasteiger partial charge >= 0.3 is 0 Å². The molecule has 8 heteroatoms. The molecule has 0 saturated carbocycles. The molecule has 0 amide bonds. The Morgan fingerprint density at radius 2 is 1.88 bits per heavy atom. The molecule has 1 aromatic carbocycles. The first-order valence-electron chi connectivity index (χ1n) is 7.94. The fourth-order valence-corrected chi connectivity index (χ4v) is 2.73. The molecule has 1 aliphatic rings. The molecule has 0 bridgehead atoms. The molecule has 0 aliphatic carbocycles. The van der Waals surface area contributed by atoms with Crippen molar-refractivity contribution in [3.8, 4) is 5.88 Å². The van der Waals surface area contributed by atoms with Crippen molar-refractivity contribution in [2.75, 3.05) is 12.3 Å². The maximum absolute atomic E-state index is 10.1. The third kappa shape index (κ3) is 3.57. The van der Waals surface area contributed by atoms with Gasteiger partial charge in [-0.25, -0.2) is 4.98 Å². The van der Waals surface area contributed by atoms with Crippen molar-refractivity contribution in [2.24, 2.45) is 0 Å². The van der Waals surface area contributed by atoms with Crippen LogP contribution in [0.5, 0.6) is 5.88 Å². The van der Waals surface area contributed by atoms with Crippen molar-refractivity contribution in [2.45, 2.75) is 37.9 Å². The minimum absolute atomic E-state index is 0.0449. The molecule has 1 saturated heterocycles. The molecule has 5 N–H and O–H groups in total. The number of nitrogens with two attached hydrogens (primary N) is 1. The highest BCUT2D eigenvalue weighted by atomic mass is 16.6. The van der Waals surface area contributed by atoms with E-state index in [9.17, 15) is 15.3 Å². The number of aliphatic hydroxyl groups is 3. The van der Waals surface area contributed by atoms with E-state index in [1.165, 1.54) is 0 Å². The Labute approximate surface area is 144 Å². The van der Waals surface area contributed by atoms with E-state index in [-0.39, 0.29) is 17.4 Å². The fraction of sp³-hybridized carbons (Fsp3) is 0.412. The normalized spacial score (nSPS) is 25.9. The van der Waals surface area contributed by atoms with Crippen LogP contribution in [0.15, 0.2) is 30.3 Å². The van der Waals surface area contributed by atoms with Gasteiger partial charge in [0.05, 0.1) is 12.3 Å². The van der Waals surface area contributed by atoms with E-state index in [0.717, 1.165) is 5.56 Å². The Morgan fingerprint density at radius 3 is 2.52 bits per heavy atom. The number of rotatable bonds is 5. The van der Waals surface area contributed by atoms with Crippen LogP contribution in [-0.4, -0.2) is 50.2 Å². The summed E-state index contributed by atoms with van der Waals surface area (Å²) in [5, 5.41) is 29.2. The first-order valence-corrected chi connectivity index (χ1v) is 7.94. The summed E-state index contributed by atoms with van der Waals surface area (Å²) in [6, 6.07) is 9.61. The van der Waals surface area contributed by atoms with Gasteiger partial charge in [-0.1, -0.05) is 30.3 Å². The third-order valence-electron chi connectivity index (χ3n) is 4.11. The number of aliphatic hydroxyl groups excluding tert-OH is 3. The molecule has 1 aliphatic heterocycles. The van der Waals surface area contributed by atoms with Crippen molar-refractivity contribution in [3.05, 3.63) is 47.3 Å². The maximum atomic E-state index is 10.1. The number of hydrogen-bond acceptors (Lipinski definition) is 8. The lowest BCUT2D eigenvalue weighted by molar-refractivity contribution is -0.0238. The summed E-state index contributed by atoms with van der Waals surface area (Å²) in [7, 11) is 0. The zero-order valence-corrected chi connectivity index (χ0v) is 13.7. The Hall–Kier alpha value is -2.26. The summed E-state index contributed by atoms with van der Waals surface area (Å²) in [5.74, 6) is 0.334. The van der Waals surface area contributed by atoms with Crippen molar-refractivity contribution < 1.29 is 24.8 Å². The average Bonchev–Trinajstić information content (AvgIpc) is 2.91. The molecule has 25 heavy (non-hydrogen) atoms. The summed E-state index contributed by atoms with van der Waals surface area (Å²) in [4.78, 5) is 8.53. The zero-order chi connectivity index (χ0) is 18.0. The number of nitrogen functional groups attached to an aromatic ring is 1. The second-order valence-corrected chi connectivity index (χ2v) is 5.92. The summed E-state index contributed by atoms with van der Waals surface area (Å²) in [6.45, 7) is 1.61. The van der Waals surface area contributed by atoms with Crippen LogP contribution in [0, 0.1) is 6.92 Å². The Morgan fingerprint density at radius 1 is 1.16 bits per heavy atom. The first kappa shape index (κ1) is 17.6. The largest absolute Gasteiger partial charge is 0.471 e. The van der Waals surface area contributed by atoms with Crippen molar-refractivity contribution in [1.29, 1.82) is 0 Å². The molecule has 2 aromatic rings. The highest BCUT2D eigenvalue weighted by Gasteiger charge is 2.44. The van der Waals surface area contributed by atoms with E-state index in [1.54, 1.807) is 6.92 Å². The van der Waals surface area contributed by atoms with E-state index in [2.05, 4.69) is 9.97 Å². The van der Waals surface area contributed by atoms with Crippen molar-refractivity contribution in [3.63, 3.8) is 0 Å². The fourth-order valence-electron chi connectivity index (χ4n) is 2.73. The summed E-state index contributed by atoms with van der Waals surface area (Å²) in [6.07, 6.45) is -4.31. The van der Waals surface area contributed by atoms with Gasteiger partial charge in [-0.3, -0.25) is 0 Å². The van der Waals surface area contributed by atoms with Gasteiger partial charge < -0.3 is 30.5 Å². The molecular formula is C17H21N3O5. The monoisotopic (exact) mass is 347 g/mol. The minimum atomic E-state index is -1.25. The molecule has 4 atom stereocenters. The van der Waals surface area contributed by atoms with Crippen LogP contribution in [0.25, 0.3) is 0 Å². The second kappa shape index (κ2) is 7.32. The van der Waals surface area contributed by atoms with Gasteiger partial charge in [0.25, 0.3) is 0 Å². The molecular weight excluding hydrogens is 326 g/mol. The highest BCUT2D eigenvalue weighted by molar-refractivity contribution is 5.41. The standard InChI is InChI=1S/C17H21N3O5/c1-9-17(24-8-10-5-3-2-4-6-10)20-16(18)12(19-9)15-14(23)13(22)11(7-21)25-15/h2-6,11,13-15,21-23H,7-8H2,1H3,(H2,18,20)/t11-,13-,14-,15+/m1/s1. The smallest absolute Gasteiger partial charge is 0.237 e. The molecule has 3 rings (SSSR count). The predicted molar refractivity (Wildman–Crippen MR) is 88.7 cm³/mol. The van der Waals surface area contributed by atoms with Crippen LogP contribution in [0.4, 0.5) is 5.82 Å². The molecule has 2 heterocycles. The van der Waals surface area contributed by atoms with Crippen LogP contribution >= 0.6 is 0 Å². The number of hydrogen-bond donors (Lipinski definition) is 4. The van der Waals surface area contributed by atoms with Crippen LogP contribution in [-0.2, 0) is 11.3 Å². The lowest BCUT2D eigenvalue weighted by Gasteiger charge is -2.17. The van der Waals surface area contributed by atoms with E-state index in [4.69, 9.17) is 15.2 Å². The average molecular weight is 347 g/mol. The number of aromatic nitrogens is 2. The van der Waals surface area contributed by atoms with E-state index < -0.39 is 31.0 Å². The SMILES string of the molecule is Cc1nc([C@@H]2O[C@H](CO)[C@@H](O)[C@H]2O)c(N)nc1OCc1ccccc1. The zero-order valence-electron chi connectivity index (χ0n) is 13.7. The summed E-state index contributed by atoms with van der Waals surface area (Å²) < 4.78 is 11.1. The molecule has 0 unspecified atom stereocenters. The Balaban J connectivity index is 1.78.